The van der Waals surface area contributed by atoms with E-state index in [1.165, 1.54) is 0 Å². The first-order chi connectivity index (χ1) is 10.6. The van der Waals surface area contributed by atoms with Gasteiger partial charge in [-0.3, -0.25) is 4.79 Å². The van der Waals surface area contributed by atoms with Crippen molar-refractivity contribution in [3.8, 4) is 0 Å². The summed E-state index contributed by atoms with van der Waals surface area (Å²) in [6, 6.07) is 0. The van der Waals surface area contributed by atoms with Crippen LogP contribution >= 0.6 is 11.6 Å². The van der Waals surface area contributed by atoms with E-state index in [0.717, 1.165) is 0 Å². The van der Waals surface area contributed by atoms with Crippen LogP contribution in [0.3, 0.4) is 0 Å². The van der Waals surface area contributed by atoms with E-state index in [9.17, 15) is 4.79 Å². The van der Waals surface area contributed by atoms with E-state index in [2.05, 4.69) is 33.9 Å². The second kappa shape index (κ2) is 8.62. The molecule has 0 aromatic heterocycles. The molecule has 7 heteroatoms. The average Bonchev–Trinajstić information content (AvgIpc) is 2.46. The van der Waals surface area contributed by atoms with Gasteiger partial charge in [0.05, 0.1) is 6.61 Å². The molecule has 0 aromatic carbocycles. The van der Waals surface area contributed by atoms with Gasteiger partial charge in [0.25, 0.3) is 0 Å². The zero-order valence-corrected chi connectivity index (χ0v) is 16.7. The van der Waals surface area contributed by atoms with E-state index in [-0.39, 0.29) is 10.9 Å². The van der Waals surface area contributed by atoms with Crippen LogP contribution in [0.5, 0.6) is 0 Å². The van der Waals surface area contributed by atoms with E-state index in [4.69, 9.17) is 30.2 Å². The number of carbonyl (C=O) groups is 1. The normalized spacial score (nSPS) is 25.4. The van der Waals surface area contributed by atoms with E-state index in [1.54, 1.807) is 12.2 Å². The number of ether oxygens (including phenoxy) is 3. The van der Waals surface area contributed by atoms with E-state index < -0.39 is 32.8 Å². The van der Waals surface area contributed by atoms with E-state index in [0.29, 0.717) is 13.2 Å². The van der Waals surface area contributed by atoms with Gasteiger partial charge in [0.2, 0.25) is 0 Å². The Bertz CT molecular complexity index is 419. The number of esters is 1. The number of rotatable bonds is 7. The van der Waals surface area contributed by atoms with Crippen molar-refractivity contribution in [2.45, 2.75) is 64.3 Å². The van der Waals surface area contributed by atoms with Crippen molar-refractivity contribution in [2.75, 3.05) is 19.1 Å². The molecule has 0 aromatic rings. The lowest BCUT2D eigenvalue weighted by atomic mass is 10.1. The molecule has 0 fully saturated rings. The molecular weight excluding hydrogens is 336 g/mol. The maximum atomic E-state index is 11.5. The standard InChI is InChI=1S/C16H29ClO5Si/c1-7-19-15-9-8-12(21-14(18)10-17)13(22-15)11-20-23(5,6)16(2,3)4/h8-9,12-13,15H,7,10-11H2,1-6H3/t12-,13-,15+/m1/s1. The molecule has 5 nitrogen and oxygen atoms in total. The fraction of sp³-hybridized carbons (Fsp3) is 0.812. The Balaban J connectivity index is 2.76. The highest BCUT2D eigenvalue weighted by molar-refractivity contribution is 6.74. The quantitative estimate of drug-likeness (QED) is 0.299. The molecule has 0 saturated carbocycles. The Morgan fingerprint density at radius 3 is 2.48 bits per heavy atom. The lowest BCUT2D eigenvalue weighted by Crippen LogP contribution is -2.47. The number of carbonyl (C=O) groups excluding carboxylic acids is 1. The minimum absolute atomic E-state index is 0.0964. The molecule has 23 heavy (non-hydrogen) atoms. The van der Waals surface area contributed by atoms with Gasteiger partial charge in [-0.2, -0.15) is 0 Å². The second-order valence-corrected chi connectivity index (χ2v) is 12.1. The molecule has 0 saturated heterocycles. The largest absolute Gasteiger partial charge is 0.454 e. The van der Waals surface area contributed by atoms with Crippen LogP contribution in [0.25, 0.3) is 0 Å². The molecule has 134 valence electrons. The topological polar surface area (TPSA) is 54.0 Å². The highest BCUT2D eigenvalue weighted by atomic mass is 35.5. The molecule has 0 aliphatic carbocycles. The first-order valence-electron chi connectivity index (χ1n) is 7.95. The summed E-state index contributed by atoms with van der Waals surface area (Å²) in [4.78, 5) is 11.5. The van der Waals surface area contributed by atoms with Gasteiger partial charge in [0, 0.05) is 6.61 Å². The minimum Gasteiger partial charge on any atom is -0.454 e. The summed E-state index contributed by atoms with van der Waals surface area (Å²) in [7, 11) is -1.92. The number of alkyl halides is 1. The van der Waals surface area contributed by atoms with Crippen LogP contribution in [0.4, 0.5) is 0 Å². The molecule has 1 rings (SSSR count). The zero-order chi connectivity index (χ0) is 17.7. The van der Waals surface area contributed by atoms with Crippen LogP contribution in [-0.2, 0) is 23.4 Å². The summed E-state index contributed by atoms with van der Waals surface area (Å²) in [5.41, 5.74) is 0. The van der Waals surface area contributed by atoms with E-state index in [1.807, 2.05) is 6.92 Å². The summed E-state index contributed by atoms with van der Waals surface area (Å²) < 4.78 is 22.9. The van der Waals surface area contributed by atoms with Crippen LogP contribution in [0.2, 0.25) is 18.1 Å². The third-order valence-electron chi connectivity index (χ3n) is 4.26. The smallest absolute Gasteiger partial charge is 0.321 e. The van der Waals surface area contributed by atoms with Crippen molar-refractivity contribution < 1.29 is 23.4 Å². The molecule has 0 unspecified atom stereocenters. The molecule has 0 bridgehead atoms. The molecule has 0 radical (unpaired) electrons. The zero-order valence-electron chi connectivity index (χ0n) is 14.9. The maximum absolute atomic E-state index is 11.5. The summed E-state index contributed by atoms with van der Waals surface area (Å²) in [6.45, 7) is 13.7. The summed E-state index contributed by atoms with van der Waals surface area (Å²) in [5.74, 6) is -0.660. The Labute approximate surface area is 145 Å². The summed E-state index contributed by atoms with van der Waals surface area (Å²) in [6.07, 6.45) is 2.17. The van der Waals surface area contributed by atoms with Gasteiger partial charge >= 0.3 is 5.97 Å². The predicted octanol–water partition coefficient (Wildman–Crippen LogP) is 3.48. The minimum atomic E-state index is -1.92. The molecule has 0 N–H and O–H groups in total. The van der Waals surface area contributed by atoms with Gasteiger partial charge in [-0.1, -0.05) is 20.8 Å². The second-order valence-electron chi connectivity index (χ2n) is 7.04. The number of hydrogen-bond donors (Lipinski definition) is 0. The first-order valence-corrected chi connectivity index (χ1v) is 11.4. The third-order valence-corrected chi connectivity index (χ3v) is 8.97. The fourth-order valence-corrected chi connectivity index (χ4v) is 2.89. The average molecular weight is 365 g/mol. The van der Waals surface area contributed by atoms with Gasteiger partial charge in [-0.05, 0) is 37.2 Å². The van der Waals surface area contributed by atoms with Gasteiger partial charge < -0.3 is 18.6 Å². The predicted molar refractivity (Wildman–Crippen MR) is 93.2 cm³/mol. The van der Waals surface area contributed by atoms with Gasteiger partial charge in [-0.15, -0.1) is 11.6 Å². The Morgan fingerprint density at radius 2 is 1.96 bits per heavy atom. The van der Waals surface area contributed by atoms with Gasteiger partial charge in [0.15, 0.2) is 14.6 Å². The lowest BCUT2D eigenvalue weighted by Gasteiger charge is -2.39. The monoisotopic (exact) mass is 364 g/mol. The lowest BCUT2D eigenvalue weighted by molar-refractivity contribution is -0.189. The van der Waals surface area contributed by atoms with Crippen LogP contribution in [0.15, 0.2) is 12.2 Å². The van der Waals surface area contributed by atoms with Gasteiger partial charge in [0.1, 0.15) is 18.1 Å². The van der Waals surface area contributed by atoms with Crippen LogP contribution in [-0.4, -0.2) is 51.9 Å². The van der Waals surface area contributed by atoms with Crippen LogP contribution < -0.4 is 0 Å². The molecule has 0 spiro atoms. The molecule has 1 heterocycles. The Hall–Kier alpha value is -0.403. The van der Waals surface area contributed by atoms with Crippen molar-refractivity contribution in [1.29, 1.82) is 0 Å². The molecule has 1 aliphatic rings. The fourth-order valence-electron chi connectivity index (χ4n) is 1.82. The van der Waals surface area contributed by atoms with Crippen molar-refractivity contribution in [3.05, 3.63) is 12.2 Å². The van der Waals surface area contributed by atoms with Crippen LogP contribution in [0.1, 0.15) is 27.7 Å². The highest BCUT2D eigenvalue weighted by Crippen LogP contribution is 2.37. The summed E-state index contributed by atoms with van der Waals surface area (Å²) in [5, 5.41) is 0.0964. The Kier molecular flexibility index (Phi) is 7.74. The molecule has 0 amide bonds. The van der Waals surface area contributed by atoms with Crippen molar-refractivity contribution in [2.24, 2.45) is 0 Å². The number of hydrogen-bond acceptors (Lipinski definition) is 5. The van der Waals surface area contributed by atoms with Crippen LogP contribution in [0, 0.1) is 0 Å². The third kappa shape index (κ3) is 6.19. The summed E-state index contributed by atoms with van der Waals surface area (Å²) >= 11 is 5.52. The van der Waals surface area contributed by atoms with Gasteiger partial charge in [-0.25, -0.2) is 0 Å². The van der Waals surface area contributed by atoms with Crippen molar-refractivity contribution in [1.82, 2.24) is 0 Å². The molecule has 1 aliphatic heterocycles. The van der Waals surface area contributed by atoms with Crippen molar-refractivity contribution >= 4 is 25.9 Å². The maximum Gasteiger partial charge on any atom is 0.321 e. The first kappa shape index (κ1) is 20.6. The Morgan fingerprint density at radius 1 is 1.30 bits per heavy atom. The highest BCUT2D eigenvalue weighted by Gasteiger charge is 2.39. The molecular formula is C16H29ClO5Si. The SMILES string of the molecule is CCO[C@@H]1C=C[C@@H](OC(=O)CCl)[C@@H](CO[Si](C)(C)C(C)(C)C)O1. The molecule has 3 atom stereocenters. The van der Waals surface area contributed by atoms with Crippen molar-refractivity contribution in [3.63, 3.8) is 0 Å². The van der Waals surface area contributed by atoms with E-state index >= 15 is 0 Å². The number of halogens is 1.